The molecular weight excluding hydrogens is 248 g/mol. The number of sulfone groups is 1. The Morgan fingerprint density at radius 3 is 2.56 bits per heavy atom. The molecule has 1 N–H and O–H groups in total. The highest BCUT2D eigenvalue weighted by atomic mass is 32.2. The summed E-state index contributed by atoms with van der Waals surface area (Å²) in [7, 11) is -3.17. The van der Waals surface area contributed by atoms with Crippen LogP contribution in [0.4, 0.5) is 0 Å². The second-order valence-electron chi connectivity index (χ2n) is 5.05. The van der Waals surface area contributed by atoms with Gasteiger partial charge in [0.1, 0.15) is 0 Å². The fraction of sp³-hybridized carbons (Fsp3) is 0.615. The van der Waals surface area contributed by atoms with Crippen molar-refractivity contribution in [2.24, 2.45) is 0 Å². The molecule has 102 valence electrons. The summed E-state index contributed by atoms with van der Waals surface area (Å²) in [4.78, 5) is 4.07. The lowest BCUT2D eigenvalue weighted by Crippen LogP contribution is -2.45. The van der Waals surface area contributed by atoms with Crippen LogP contribution in [-0.2, 0) is 9.84 Å². The Morgan fingerprint density at radius 1 is 1.44 bits per heavy atom. The Balaban J connectivity index is 3.14. The van der Waals surface area contributed by atoms with Gasteiger partial charge in [0.15, 0.2) is 9.84 Å². The van der Waals surface area contributed by atoms with Crippen molar-refractivity contribution in [3.63, 3.8) is 0 Å². The molecule has 0 bridgehead atoms. The van der Waals surface area contributed by atoms with Crippen molar-refractivity contribution in [1.82, 2.24) is 10.3 Å². The molecule has 4 nitrogen and oxygen atoms in total. The maximum absolute atomic E-state index is 12.0. The van der Waals surface area contributed by atoms with Gasteiger partial charge in [-0.25, -0.2) is 8.42 Å². The van der Waals surface area contributed by atoms with E-state index in [9.17, 15) is 8.42 Å². The molecule has 0 aliphatic heterocycles. The van der Waals surface area contributed by atoms with Gasteiger partial charge in [0.25, 0.3) is 0 Å². The van der Waals surface area contributed by atoms with Gasteiger partial charge in [-0.2, -0.15) is 0 Å². The van der Waals surface area contributed by atoms with Crippen LogP contribution in [0.1, 0.15) is 38.8 Å². The molecule has 0 saturated carbocycles. The van der Waals surface area contributed by atoms with Gasteiger partial charge in [0.05, 0.1) is 10.8 Å². The Bertz CT molecular complexity index is 469. The lowest BCUT2D eigenvalue weighted by atomic mass is 9.96. The predicted octanol–water partition coefficient (Wildman–Crippen LogP) is 1.95. The maximum Gasteiger partial charge on any atom is 0.154 e. The van der Waals surface area contributed by atoms with Crippen LogP contribution in [0.15, 0.2) is 24.5 Å². The molecule has 1 aromatic rings. The molecule has 0 aromatic carbocycles. The summed E-state index contributed by atoms with van der Waals surface area (Å²) in [5.41, 5.74) is 0.904. The molecule has 1 rings (SSSR count). The standard InChI is InChI=1S/C13H22N2O2S/c1-5-8-15-12(11-7-6-9-14-10-11)13(2,3)18(4,16)17/h6-7,9-10,12,15H,5,8H2,1-4H3. The topological polar surface area (TPSA) is 59.1 Å². The number of hydrogen-bond acceptors (Lipinski definition) is 4. The van der Waals surface area contributed by atoms with Gasteiger partial charge in [-0.15, -0.1) is 0 Å². The fourth-order valence-corrected chi connectivity index (χ4v) is 2.46. The molecule has 1 aromatic heterocycles. The van der Waals surface area contributed by atoms with Crippen LogP contribution in [0.5, 0.6) is 0 Å². The molecule has 0 spiro atoms. The highest BCUT2D eigenvalue weighted by Crippen LogP contribution is 2.31. The Morgan fingerprint density at radius 2 is 2.11 bits per heavy atom. The maximum atomic E-state index is 12.0. The van der Waals surface area contributed by atoms with Crippen LogP contribution in [-0.4, -0.2) is 30.9 Å². The first-order valence-corrected chi connectivity index (χ1v) is 8.02. The molecule has 0 amide bonds. The number of rotatable bonds is 6. The Kier molecular flexibility index (Phi) is 4.87. The smallest absolute Gasteiger partial charge is 0.154 e. The van der Waals surface area contributed by atoms with Gasteiger partial charge in [-0.3, -0.25) is 4.98 Å². The lowest BCUT2D eigenvalue weighted by molar-refractivity contribution is 0.419. The minimum Gasteiger partial charge on any atom is -0.309 e. The van der Waals surface area contributed by atoms with E-state index in [4.69, 9.17) is 0 Å². The zero-order valence-electron chi connectivity index (χ0n) is 11.5. The van der Waals surface area contributed by atoms with Gasteiger partial charge in [-0.05, 0) is 38.4 Å². The molecule has 1 unspecified atom stereocenters. The summed E-state index contributed by atoms with van der Waals surface area (Å²) in [5, 5.41) is 3.31. The first kappa shape index (κ1) is 15.1. The van der Waals surface area contributed by atoms with E-state index >= 15 is 0 Å². The van der Waals surface area contributed by atoms with Crippen LogP contribution >= 0.6 is 0 Å². The second-order valence-corrected chi connectivity index (χ2v) is 7.65. The fourth-order valence-electron chi connectivity index (χ4n) is 1.81. The highest BCUT2D eigenvalue weighted by molar-refractivity contribution is 7.92. The average molecular weight is 270 g/mol. The van der Waals surface area contributed by atoms with E-state index in [0.717, 1.165) is 18.5 Å². The summed E-state index contributed by atoms with van der Waals surface area (Å²) in [6.07, 6.45) is 5.65. The van der Waals surface area contributed by atoms with Crippen molar-refractivity contribution in [3.8, 4) is 0 Å². The van der Waals surface area contributed by atoms with Crippen LogP contribution in [0, 0.1) is 0 Å². The summed E-state index contributed by atoms with van der Waals surface area (Å²) < 4.78 is 23.1. The van der Waals surface area contributed by atoms with Crippen molar-refractivity contribution >= 4 is 9.84 Å². The molecule has 1 heterocycles. The molecule has 0 aliphatic rings. The van der Waals surface area contributed by atoms with Gasteiger partial charge in [-0.1, -0.05) is 13.0 Å². The third-order valence-corrected chi connectivity index (χ3v) is 5.41. The van der Waals surface area contributed by atoms with E-state index < -0.39 is 14.6 Å². The number of hydrogen-bond donors (Lipinski definition) is 1. The monoisotopic (exact) mass is 270 g/mol. The highest BCUT2D eigenvalue weighted by Gasteiger charge is 2.39. The largest absolute Gasteiger partial charge is 0.309 e. The van der Waals surface area contributed by atoms with Crippen molar-refractivity contribution in [2.45, 2.75) is 38.0 Å². The van der Waals surface area contributed by atoms with Crippen molar-refractivity contribution in [3.05, 3.63) is 30.1 Å². The van der Waals surface area contributed by atoms with Gasteiger partial charge >= 0.3 is 0 Å². The van der Waals surface area contributed by atoms with Crippen LogP contribution < -0.4 is 5.32 Å². The van der Waals surface area contributed by atoms with E-state index in [1.165, 1.54) is 6.26 Å². The third-order valence-electron chi connectivity index (χ3n) is 3.27. The van der Waals surface area contributed by atoms with Crippen molar-refractivity contribution in [1.29, 1.82) is 0 Å². The number of aromatic nitrogens is 1. The summed E-state index contributed by atoms with van der Waals surface area (Å²) in [6.45, 7) is 6.34. The summed E-state index contributed by atoms with van der Waals surface area (Å²) >= 11 is 0. The molecule has 1 atom stereocenters. The minimum absolute atomic E-state index is 0.249. The number of nitrogens with zero attached hydrogens (tertiary/aromatic N) is 1. The van der Waals surface area contributed by atoms with E-state index in [2.05, 4.69) is 17.2 Å². The van der Waals surface area contributed by atoms with E-state index in [1.54, 1.807) is 26.2 Å². The minimum atomic E-state index is -3.17. The molecule has 0 radical (unpaired) electrons. The first-order valence-electron chi connectivity index (χ1n) is 6.13. The summed E-state index contributed by atoms with van der Waals surface area (Å²) in [5.74, 6) is 0. The van der Waals surface area contributed by atoms with E-state index in [1.807, 2.05) is 12.1 Å². The normalized spacial score (nSPS) is 14.4. The lowest BCUT2D eigenvalue weighted by Gasteiger charge is -2.33. The number of pyridine rings is 1. The Labute approximate surface area is 110 Å². The molecule has 18 heavy (non-hydrogen) atoms. The van der Waals surface area contributed by atoms with Crippen LogP contribution in [0.3, 0.4) is 0 Å². The van der Waals surface area contributed by atoms with Crippen LogP contribution in [0.2, 0.25) is 0 Å². The molecule has 0 saturated heterocycles. The third kappa shape index (κ3) is 3.29. The van der Waals surface area contributed by atoms with Gasteiger partial charge in [0.2, 0.25) is 0 Å². The number of nitrogens with one attached hydrogen (secondary N) is 1. The van der Waals surface area contributed by atoms with Gasteiger partial charge in [0, 0.05) is 18.6 Å². The zero-order chi connectivity index (χ0) is 13.8. The molecule has 5 heteroatoms. The molecule has 0 fully saturated rings. The molecular formula is C13H22N2O2S. The van der Waals surface area contributed by atoms with Gasteiger partial charge < -0.3 is 5.32 Å². The summed E-state index contributed by atoms with van der Waals surface area (Å²) in [6, 6.07) is 3.49. The SMILES string of the molecule is CCCNC(c1cccnc1)C(C)(C)S(C)(=O)=O. The molecule has 0 aliphatic carbocycles. The van der Waals surface area contributed by atoms with E-state index in [-0.39, 0.29) is 6.04 Å². The quantitative estimate of drug-likeness (QED) is 0.858. The average Bonchev–Trinajstić information content (AvgIpc) is 2.29. The van der Waals surface area contributed by atoms with Crippen molar-refractivity contribution < 1.29 is 8.42 Å². The predicted molar refractivity (Wildman–Crippen MR) is 74.2 cm³/mol. The van der Waals surface area contributed by atoms with E-state index in [0.29, 0.717) is 0 Å². The van der Waals surface area contributed by atoms with Crippen molar-refractivity contribution in [2.75, 3.05) is 12.8 Å². The van der Waals surface area contributed by atoms with Crippen LogP contribution in [0.25, 0.3) is 0 Å². The Hall–Kier alpha value is -0.940. The second kappa shape index (κ2) is 5.80. The zero-order valence-corrected chi connectivity index (χ0v) is 12.3. The first-order chi connectivity index (χ1) is 8.30.